The Labute approximate surface area is 177 Å². The first-order valence-electron chi connectivity index (χ1n) is 10.3. The lowest BCUT2D eigenvalue weighted by molar-refractivity contribution is 0.0649. The van der Waals surface area contributed by atoms with E-state index in [0.717, 1.165) is 12.2 Å². The second-order valence-corrected chi connectivity index (χ2v) is 7.65. The Bertz CT molecular complexity index is 1030. The summed E-state index contributed by atoms with van der Waals surface area (Å²) in [5.74, 6) is 0.433. The number of carbonyl (C=O) groups excluding carboxylic acids is 2. The van der Waals surface area contributed by atoms with Crippen LogP contribution < -0.4 is 4.74 Å². The fourth-order valence-corrected chi connectivity index (χ4v) is 3.99. The normalized spacial score (nSPS) is 12.9. The van der Waals surface area contributed by atoms with Gasteiger partial charge in [-0.3, -0.25) is 14.5 Å². The summed E-state index contributed by atoms with van der Waals surface area (Å²) in [5.41, 5.74) is 5.98. The van der Waals surface area contributed by atoms with E-state index in [-0.39, 0.29) is 11.8 Å². The Hall–Kier alpha value is -3.40. The Morgan fingerprint density at radius 2 is 1.33 bits per heavy atom. The van der Waals surface area contributed by atoms with E-state index in [1.54, 1.807) is 24.3 Å². The fraction of sp³-hybridized carbons (Fsp3) is 0.231. The maximum atomic E-state index is 12.4. The molecule has 1 heterocycles. The molecular formula is C26H25NO3. The predicted octanol–water partition coefficient (Wildman–Crippen LogP) is 5.43. The van der Waals surface area contributed by atoms with Crippen LogP contribution in [0.5, 0.6) is 5.75 Å². The van der Waals surface area contributed by atoms with Crippen molar-refractivity contribution < 1.29 is 14.3 Å². The van der Waals surface area contributed by atoms with Crippen LogP contribution in [-0.4, -0.2) is 29.9 Å². The van der Waals surface area contributed by atoms with Gasteiger partial charge in [-0.05, 0) is 73.2 Å². The SMILES string of the molecule is Cc1cccc(C)c1-c1ccc(OCCCCN2C(=O)c3ccccc3C2=O)cc1. The number of rotatable bonds is 7. The van der Waals surface area contributed by atoms with E-state index in [9.17, 15) is 9.59 Å². The van der Waals surface area contributed by atoms with Gasteiger partial charge in [-0.1, -0.05) is 42.5 Å². The molecule has 1 aliphatic heterocycles. The van der Waals surface area contributed by atoms with Gasteiger partial charge < -0.3 is 4.74 Å². The Kier molecular flexibility index (Phi) is 5.66. The van der Waals surface area contributed by atoms with Crippen LogP contribution in [0.4, 0.5) is 0 Å². The van der Waals surface area contributed by atoms with Gasteiger partial charge in [-0.15, -0.1) is 0 Å². The van der Waals surface area contributed by atoms with Gasteiger partial charge in [-0.2, -0.15) is 0 Å². The topological polar surface area (TPSA) is 46.6 Å². The molecule has 0 atom stereocenters. The van der Waals surface area contributed by atoms with Gasteiger partial charge in [0.05, 0.1) is 17.7 Å². The number of fused-ring (bicyclic) bond motifs is 1. The molecule has 4 nitrogen and oxygen atoms in total. The van der Waals surface area contributed by atoms with Crippen LogP contribution in [0.15, 0.2) is 66.7 Å². The van der Waals surface area contributed by atoms with Gasteiger partial charge in [0, 0.05) is 6.54 Å². The number of unbranched alkanes of at least 4 members (excludes halogenated alkanes) is 1. The lowest BCUT2D eigenvalue weighted by atomic mass is 9.96. The van der Waals surface area contributed by atoms with Gasteiger partial charge >= 0.3 is 0 Å². The number of hydrogen-bond acceptors (Lipinski definition) is 3. The lowest BCUT2D eigenvalue weighted by Crippen LogP contribution is -2.30. The van der Waals surface area contributed by atoms with Crippen molar-refractivity contribution in [1.82, 2.24) is 4.90 Å². The van der Waals surface area contributed by atoms with Crippen LogP contribution >= 0.6 is 0 Å². The van der Waals surface area contributed by atoms with Gasteiger partial charge in [0.15, 0.2) is 0 Å². The summed E-state index contributed by atoms with van der Waals surface area (Å²) >= 11 is 0. The maximum absolute atomic E-state index is 12.4. The molecule has 0 radical (unpaired) electrons. The third kappa shape index (κ3) is 3.86. The Morgan fingerprint density at radius 3 is 1.93 bits per heavy atom. The number of benzene rings is 3. The second kappa shape index (κ2) is 8.54. The molecule has 3 aromatic rings. The zero-order valence-corrected chi connectivity index (χ0v) is 17.4. The van der Waals surface area contributed by atoms with Gasteiger partial charge in [0.25, 0.3) is 11.8 Å². The quantitative estimate of drug-likeness (QED) is 0.393. The predicted molar refractivity (Wildman–Crippen MR) is 118 cm³/mol. The summed E-state index contributed by atoms with van der Waals surface area (Å²) in [6, 6.07) is 21.5. The highest BCUT2D eigenvalue weighted by molar-refractivity contribution is 6.21. The summed E-state index contributed by atoms with van der Waals surface area (Å²) < 4.78 is 5.85. The number of amides is 2. The van der Waals surface area contributed by atoms with Gasteiger partial charge in [0.2, 0.25) is 0 Å². The van der Waals surface area contributed by atoms with E-state index < -0.39 is 0 Å². The number of aryl methyl sites for hydroxylation is 2. The molecule has 3 aromatic carbocycles. The third-order valence-electron chi connectivity index (χ3n) is 5.55. The van der Waals surface area contributed by atoms with Crippen LogP contribution in [0.3, 0.4) is 0 Å². The minimum atomic E-state index is -0.196. The van der Waals surface area contributed by atoms with Gasteiger partial charge in [0.1, 0.15) is 5.75 Å². The minimum Gasteiger partial charge on any atom is -0.494 e. The number of nitrogens with zero attached hydrogens (tertiary/aromatic N) is 1. The van der Waals surface area contributed by atoms with Crippen LogP contribution in [0.25, 0.3) is 11.1 Å². The average Bonchev–Trinajstić information content (AvgIpc) is 2.99. The zero-order chi connectivity index (χ0) is 21.1. The van der Waals surface area contributed by atoms with Crippen molar-refractivity contribution in [2.75, 3.05) is 13.2 Å². The number of ether oxygens (including phenoxy) is 1. The monoisotopic (exact) mass is 399 g/mol. The molecule has 1 aliphatic rings. The summed E-state index contributed by atoms with van der Waals surface area (Å²) in [7, 11) is 0. The molecule has 0 N–H and O–H groups in total. The van der Waals surface area contributed by atoms with Crippen molar-refractivity contribution in [3.05, 3.63) is 89.0 Å². The first-order valence-corrected chi connectivity index (χ1v) is 10.3. The number of carbonyl (C=O) groups is 2. The molecule has 0 saturated carbocycles. The third-order valence-corrected chi connectivity index (χ3v) is 5.55. The number of hydrogen-bond donors (Lipinski definition) is 0. The van der Waals surface area contributed by atoms with Crippen LogP contribution in [-0.2, 0) is 0 Å². The zero-order valence-electron chi connectivity index (χ0n) is 17.4. The summed E-state index contributed by atoms with van der Waals surface area (Å²) in [4.78, 5) is 26.1. The molecular weight excluding hydrogens is 374 g/mol. The van der Waals surface area contributed by atoms with Crippen molar-refractivity contribution >= 4 is 11.8 Å². The molecule has 30 heavy (non-hydrogen) atoms. The summed E-state index contributed by atoms with van der Waals surface area (Å²) in [6.07, 6.45) is 1.48. The molecule has 0 bridgehead atoms. The van der Waals surface area contributed by atoms with Crippen molar-refractivity contribution in [2.45, 2.75) is 26.7 Å². The van der Waals surface area contributed by atoms with Crippen LogP contribution in [0, 0.1) is 13.8 Å². The largest absolute Gasteiger partial charge is 0.494 e. The van der Waals surface area contributed by atoms with Crippen LogP contribution in [0.2, 0.25) is 0 Å². The molecule has 4 rings (SSSR count). The molecule has 0 saturated heterocycles. The van der Waals surface area contributed by atoms with Crippen molar-refractivity contribution in [3.63, 3.8) is 0 Å². The fourth-order valence-electron chi connectivity index (χ4n) is 3.99. The molecule has 0 aliphatic carbocycles. The highest BCUT2D eigenvalue weighted by Crippen LogP contribution is 2.28. The smallest absolute Gasteiger partial charge is 0.261 e. The molecule has 0 aromatic heterocycles. The summed E-state index contributed by atoms with van der Waals surface area (Å²) in [6.45, 7) is 5.22. The lowest BCUT2D eigenvalue weighted by Gasteiger charge is -2.14. The van der Waals surface area contributed by atoms with Gasteiger partial charge in [-0.25, -0.2) is 0 Å². The highest BCUT2D eigenvalue weighted by atomic mass is 16.5. The Balaban J connectivity index is 1.27. The van der Waals surface area contributed by atoms with E-state index in [4.69, 9.17) is 4.74 Å². The standard InChI is InChI=1S/C26H25NO3/c1-18-8-7-9-19(2)24(18)20-12-14-21(15-13-20)30-17-6-5-16-27-25(28)22-10-3-4-11-23(22)26(27)29/h3-4,7-15H,5-6,16-17H2,1-2H3. The average molecular weight is 399 g/mol. The highest BCUT2D eigenvalue weighted by Gasteiger charge is 2.34. The van der Waals surface area contributed by atoms with Crippen molar-refractivity contribution in [2.24, 2.45) is 0 Å². The molecule has 0 unspecified atom stereocenters. The van der Waals surface area contributed by atoms with E-state index in [2.05, 4.69) is 44.2 Å². The Morgan fingerprint density at radius 1 is 0.733 bits per heavy atom. The van der Waals surface area contributed by atoms with Crippen molar-refractivity contribution in [3.8, 4) is 16.9 Å². The molecule has 2 amide bonds. The molecule has 0 fully saturated rings. The van der Waals surface area contributed by atoms with E-state index >= 15 is 0 Å². The van der Waals surface area contributed by atoms with E-state index in [0.29, 0.717) is 30.7 Å². The minimum absolute atomic E-state index is 0.196. The first kappa shape index (κ1) is 19.9. The van der Waals surface area contributed by atoms with E-state index in [1.807, 2.05) is 12.1 Å². The number of imide groups is 1. The summed E-state index contributed by atoms with van der Waals surface area (Å²) in [5, 5.41) is 0. The van der Waals surface area contributed by atoms with Crippen molar-refractivity contribution in [1.29, 1.82) is 0 Å². The molecule has 4 heteroatoms. The molecule has 0 spiro atoms. The molecule has 152 valence electrons. The second-order valence-electron chi connectivity index (χ2n) is 7.65. The van der Waals surface area contributed by atoms with E-state index in [1.165, 1.54) is 27.2 Å². The van der Waals surface area contributed by atoms with Crippen LogP contribution in [0.1, 0.15) is 44.7 Å². The maximum Gasteiger partial charge on any atom is 0.261 e. The first-order chi connectivity index (χ1) is 14.6.